The maximum Gasteiger partial charge on any atom is 0.0634 e. The van der Waals surface area contributed by atoms with Gasteiger partial charge in [0.1, 0.15) is 0 Å². The van der Waals surface area contributed by atoms with Crippen LogP contribution >= 0.6 is 0 Å². The van der Waals surface area contributed by atoms with Crippen molar-refractivity contribution in [1.29, 1.82) is 0 Å². The van der Waals surface area contributed by atoms with Crippen LogP contribution in [-0.2, 0) is 4.74 Å². The van der Waals surface area contributed by atoms with E-state index in [4.69, 9.17) is 4.74 Å². The van der Waals surface area contributed by atoms with Crippen LogP contribution in [0.2, 0.25) is 0 Å². The third-order valence-corrected chi connectivity index (χ3v) is 2.64. The fourth-order valence-electron chi connectivity index (χ4n) is 1.90. The van der Waals surface area contributed by atoms with Crippen LogP contribution in [0.15, 0.2) is 0 Å². The first kappa shape index (κ1) is 14.9. The fourth-order valence-corrected chi connectivity index (χ4v) is 1.90. The smallest absolute Gasteiger partial charge is 0.0634 e. The molecular weight excluding hydrogens is 188 g/mol. The number of likely N-dealkylation sites (N-methyl/N-ethyl adjacent to an activating group) is 1. The van der Waals surface area contributed by atoms with Gasteiger partial charge in [-0.05, 0) is 7.05 Å². The summed E-state index contributed by atoms with van der Waals surface area (Å²) in [4.78, 5) is 4.93. The Morgan fingerprint density at radius 3 is 2.33 bits per heavy atom. The van der Waals surface area contributed by atoms with E-state index < -0.39 is 0 Å². The highest BCUT2D eigenvalue weighted by Gasteiger charge is 2.27. The minimum absolute atomic E-state index is 0.669. The topological polar surface area (TPSA) is 15.7 Å². The van der Waals surface area contributed by atoms with Gasteiger partial charge in [0.15, 0.2) is 0 Å². The molecule has 0 aromatic carbocycles. The summed E-state index contributed by atoms with van der Waals surface area (Å²) in [5.41, 5.74) is 0. The van der Waals surface area contributed by atoms with Gasteiger partial charge in [0, 0.05) is 32.2 Å². The Kier molecular flexibility index (Phi) is 9.06. The molecule has 3 nitrogen and oxygen atoms in total. The molecule has 0 aromatic rings. The first-order chi connectivity index (χ1) is 7.36. The molecule has 0 aromatic heterocycles. The molecule has 0 bridgehead atoms. The minimum atomic E-state index is 0.669. The normalized spacial score (nSPS) is 26.6. The lowest BCUT2D eigenvalue weighted by Crippen LogP contribution is -2.56. The maximum absolute atomic E-state index is 5.42. The van der Waals surface area contributed by atoms with Crippen molar-refractivity contribution in [3.05, 3.63) is 0 Å². The van der Waals surface area contributed by atoms with Crippen LogP contribution in [0.3, 0.4) is 0 Å². The molecule has 15 heavy (non-hydrogen) atoms. The largest absolute Gasteiger partial charge is 0.378 e. The molecule has 0 saturated carbocycles. The van der Waals surface area contributed by atoms with Crippen molar-refractivity contribution in [3.63, 3.8) is 0 Å². The maximum atomic E-state index is 5.42. The molecule has 2 saturated heterocycles. The highest BCUT2D eigenvalue weighted by atomic mass is 16.5. The number of hydrogen-bond acceptors (Lipinski definition) is 3. The van der Waals surface area contributed by atoms with Gasteiger partial charge in [0.25, 0.3) is 0 Å². The molecule has 2 fully saturated rings. The van der Waals surface area contributed by atoms with Gasteiger partial charge in [0.2, 0.25) is 0 Å². The Hall–Kier alpha value is -0.120. The predicted octanol–water partition coefficient (Wildman–Crippen LogP) is 1.68. The lowest BCUT2D eigenvalue weighted by molar-refractivity contribution is -0.0397. The molecule has 3 heteroatoms. The third-order valence-electron chi connectivity index (χ3n) is 2.64. The zero-order valence-corrected chi connectivity index (χ0v) is 11.1. The Balaban J connectivity index is 0.000000442. The summed E-state index contributed by atoms with van der Waals surface area (Å²) in [6.45, 7) is 14.6. The Morgan fingerprint density at radius 1 is 1.00 bits per heavy atom. The number of hydrogen-bond donors (Lipinski definition) is 0. The van der Waals surface area contributed by atoms with E-state index in [9.17, 15) is 0 Å². The van der Waals surface area contributed by atoms with Crippen molar-refractivity contribution < 1.29 is 4.74 Å². The van der Waals surface area contributed by atoms with E-state index in [0.29, 0.717) is 6.04 Å². The third kappa shape index (κ3) is 4.96. The SMILES string of the molecule is CC.CC.CN1CCN2CCOCC2C1. The second-order valence-electron chi connectivity index (χ2n) is 3.53. The summed E-state index contributed by atoms with van der Waals surface area (Å²) in [6.07, 6.45) is 0. The van der Waals surface area contributed by atoms with E-state index >= 15 is 0 Å². The quantitative estimate of drug-likeness (QED) is 0.613. The molecule has 0 amide bonds. The highest BCUT2D eigenvalue weighted by molar-refractivity contribution is 4.82. The molecule has 1 unspecified atom stereocenters. The number of piperazine rings is 1. The predicted molar refractivity (Wildman–Crippen MR) is 66.4 cm³/mol. The van der Waals surface area contributed by atoms with E-state index in [0.717, 1.165) is 19.8 Å². The van der Waals surface area contributed by atoms with Crippen LogP contribution in [0.1, 0.15) is 27.7 Å². The lowest BCUT2D eigenvalue weighted by atomic mass is 10.1. The average Bonchev–Trinajstić information content (AvgIpc) is 2.34. The summed E-state index contributed by atoms with van der Waals surface area (Å²) >= 11 is 0. The zero-order chi connectivity index (χ0) is 11.7. The van der Waals surface area contributed by atoms with Crippen molar-refractivity contribution in [1.82, 2.24) is 9.80 Å². The Labute approximate surface area is 95.4 Å². The van der Waals surface area contributed by atoms with Gasteiger partial charge in [-0.3, -0.25) is 4.90 Å². The first-order valence-corrected chi connectivity index (χ1v) is 6.36. The molecule has 2 aliphatic heterocycles. The molecule has 0 aliphatic carbocycles. The van der Waals surface area contributed by atoms with Crippen LogP contribution in [-0.4, -0.2) is 62.3 Å². The number of nitrogens with zero attached hydrogens (tertiary/aromatic N) is 2. The second kappa shape index (κ2) is 9.13. The highest BCUT2D eigenvalue weighted by Crippen LogP contribution is 2.11. The first-order valence-electron chi connectivity index (χ1n) is 6.36. The summed E-state index contributed by atoms with van der Waals surface area (Å²) in [5, 5.41) is 0. The molecule has 1 atom stereocenters. The van der Waals surface area contributed by atoms with Crippen molar-refractivity contribution in [2.75, 3.05) is 46.4 Å². The monoisotopic (exact) mass is 216 g/mol. The van der Waals surface area contributed by atoms with Crippen LogP contribution in [0.5, 0.6) is 0 Å². The average molecular weight is 216 g/mol. The molecule has 2 aliphatic rings. The number of fused-ring (bicyclic) bond motifs is 1. The van der Waals surface area contributed by atoms with E-state index in [1.807, 2.05) is 27.7 Å². The lowest BCUT2D eigenvalue weighted by Gasteiger charge is -2.42. The molecule has 2 rings (SSSR count). The van der Waals surface area contributed by atoms with Gasteiger partial charge in [0.05, 0.1) is 13.2 Å². The van der Waals surface area contributed by atoms with Crippen molar-refractivity contribution >= 4 is 0 Å². The molecule has 2 heterocycles. The van der Waals surface area contributed by atoms with Crippen molar-refractivity contribution in [2.24, 2.45) is 0 Å². The summed E-state index contributed by atoms with van der Waals surface area (Å²) in [5.74, 6) is 0. The van der Waals surface area contributed by atoms with Gasteiger partial charge >= 0.3 is 0 Å². The second-order valence-corrected chi connectivity index (χ2v) is 3.53. The Bertz CT molecular complexity index is 142. The van der Waals surface area contributed by atoms with Crippen LogP contribution < -0.4 is 0 Å². The van der Waals surface area contributed by atoms with E-state index in [-0.39, 0.29) is 0 Å². The van der Waals surface area contributed by atoms with E-state index in [1.165, 1.54) is 19.6 Å². The fraction of sp³-hybridized carbons (Fsp3) is 1.00. The van der Waals surface area contributed by atoms with Gasteiger partial charge in [-0.1, -0.05) is 27.7 Å². The van der Waals surface area contributed by atoms with Gasteiger partial charge in [-0.2, -0.15) is 0 Å². The molecule has 0 N–H and O–H groups in total. The summed E-state index contributed by atoms with van der Waals surface area (Å²) in [7, 11) is 2.19. The number of morpholine rings is 1. The molecule has 0 radical (unpaired) electrons. The number of rotatable bonds is 0. The van der Waals surface area contributed by atoms with Crippen molar-refractivity contribution in [3.8, 4) is 0 Å². The van der Waals surface area contributed by atoms with Crippen molar-refractivity contribution in [2.45, 2.75) is 33.7 Å². The zero-order valence-electron chi connectivity index (χ0n) is 11.1. The number of ether oxygens (including phenoxy) is 1. The van der Waals surface area contributed by atoms with E-state index in [2.05, 4.69) is 16.8 Å². The molecular formula is C12H28N2O. The van der Waals surface area contributed by atoms with Crippen LogP contribution in [0, 0.1) is 0 Å². The van der Waals surface area contributed by atoms with Gasteiger partial charge in [-0.25, -0.2) is 0 Å². The summed E-state index contributed by atoms with van der Waals surface area (Å²) in [6, 6.07) is 0.669. The van der Waals surface area contributed by atoms with Gasteiger partial charge < -0.3 is 9.64 Å². The van der Waals surface area contributed by atoms with Gasteiger partial charge in [-0.15, -0.1) is 0 Å². The minimum Gasteiger partial charge on any atom is -0.378 e. The van der Waals surface area contributed by atoms with Crippen LogP contribution in [0.25, 0.3) is 0 Å². The summed E-state index contributed by atoms with van der Waals surface area (Å²) < 4.78 is 5.42. The Morgan fingerprint density at radius 2 is 1.67 bits per heavy atom. The molecule has 92 valence electrons. The van der Waals surface area contributed by atoms with Crippen LogP contribution in [0.4, 0.5) is 0 Å². The van der Waals surface area contributed by atoms with E-state index in [1.54, 1.807) is 0 Å². The standard InChI is InChI=1S/C8H16N2O.2C2H6/c1-9-2-3-10-4-5-11-7-8(10)6-9;2*1-2/h8H,2-7H2,1H3;2*1-2H3. The molecule has 0 spiro atoms.